The van der Waals surface area contributed by atoms with E-state index in [1.54, 1.807) is 0 Å². The highest BCUT2D eigenvalue weighted by Crippen LogP contribution is 2.16. The van der Waals surface area contributed by atoms with E-state index < -0.39 is 0 Å². The molecule has 0 heterocycles. The molecule has 0 aliphatic rings. The molecule has 0 aromatic rings. The van der Waals surface area contributed by atoms with Crippen LogP contribution < -0.4 is 5.32 Å². The maximum absolute atomic E-state index is 5.28. The smallest absolute Gasteiger partial charge is 0.128 e. The van der Waals surface area contributed by atoms with Crippen LogP contribution in [0.3, 0.4) is 0 Å². The van der Waals surface area contributed by atoms with Crippen LogP contribution in [0.15, 0.2) is 0 Å². The molecule has 2 nitrogen and oxygen atoms in total. The number of rotatable bonds is 5. The molecule has 0 aromatic heterocycles. The van der Waals surface area contributed by atoms with E-state index in [4.69, 9.17) is 11.2 Å². The van der Waals surface area contributed by atoms with Crippen LogP contribution in [0.2, 0.25) is 0 Å². The lowest BCUT2D eigenvalue weighted by molar-refractivity contribution is 0.0656. The Bertz CT molecular complexity index is 169. The Labute approximate surface area is 82.1 Å². The van der Waals surface area contributed by atoms with Gasteiger partial charge in [-0.05, 0) is 18.9 Å². The van der Waals surface area contributed by atoms with Crippen molar-refractivity contribution in [3.63, 3.8) is 0 Å². The Hall–Kier alpha value is -0.680. The molecule has 0 aliphatic carbocycles. The lowest BCUT2D eigenvalue weighted by Crippen LogP contribution is -2.45. The van der Waals surface area contributed by atoms with Gasteiger partial charge in [0.1, 0.15) is 12.2 Å². The summed E-state index contributed by atoms with van der Waals surface area (Å²) >= 11 is 0. The van der Waals surface area contributed by atoms with Gasteiger partial charge in [-0.25, -0.2) is 0 Å². The molecular weight excluding hydrogens is 162 g/mol. The first kappa shape index (κ1) is 12.3. The fourth-order valence-corrected chi connectivity index (χ4v) is 1.58. The summed E-state index contributed by atoms with van der Waals surface area (Å²) in [4.78, 5) is 0. The average Bonchev–Trinajstić information content (AvgIpc) is 2.03. The molecule has 0 amide bonds. The van der Waals surface area contributed by atoms with Gasteiger partial charge in [-0.3, -0.25) is 0 Å². The molecule has 0 saturated heterocycles. The van der Waals surface area contributed by atoms with Gasteiger partial charge >= 0.3 is 0 Å². The third-order valence-electron chi connectivity index (χ3n) is 2.27. The number of terminal acetylenes is 1. The van der Waals surface area contributed by atoms with E-state index >= 15 is 0 Å². The molecule has 0 saturated carbocycles. The lowest BCUT2D eigenvalue weighted by atomic mass is 9.91. The van der Waals surface area contributed by atoms with E-state index in [1.807, 2.05) is 7.05 Å². The molecule has 0 rings (SSSR count). The zero-order chi connectivity index (χ0) is 10.4. The van der Waals surface area contributed by atoms with Crippen LogP contribution in [0, 0.1) is 24.4 Å². The monoisotopic (exact) mass is 183 g/mol. The summed E-state index contributed by atoms with van der Waals surface area (Å²) < 4.78 is 5.28. The topological polar surface area (TPSA) is 21.3 Å². The first-order valence-corrected chi connectivity index (χ1v) is 4.83. The predicted octanol–water partition coefficient (Wildman–Crippen LogP) is 1.86. The molecule has 2 atom stereocenters. The molecule has 2 heteroatoms. The van der Waals surface area contributed by atoms with E-state index in [0.717, 1.165) is 0 Å². The maximum Gasteiger partial charge on any atom is 0.128 e. The molecule has 0 bridgehead atoms. The van der Waals surface area contributed by atoms with Crippen molar-refractivity contribution in [2.75, 3.05) is 7.05 Å². The van der Waals surface area contributed by atoms with Crippen molar-refractivity contribution in [2.45, 2.75) is 39.8 Å². The normalized spacial score (nSPS) is 15.5. The van der Waals surface area contributed by atoms with Gasteiger partial charge in [0.2, 0.25) is 0 Å². The van der Waals surface area contributed by atoms with E-state index in [0.29, 0.717) is 17.9 Å². The van der Waals surface area contributed by atoms with Crippen LogP contribution in [0.25, 0.3) is 0 Å². The van der Waals surface area contributed by atoms with Crippen molar-refractivity contribution in [3.05, 3.63) is 0 Å². The van der Waals surface area contributed by atoms with Gasteiger partial charge in [0.25, 0.3) is 0 Å². The van der Waals surface area contributed by atoms with E-state index in [9.17, 15) is 0 Å². The first-order chi connectivity index (χ1) is 6.04. The maximum atomic E-state index is 5.28. The molecule has 0 fully saturated rings. The van der Waals surface area contributed by atoms with E-state index in [1.165, 1.54) is 0 Å². The van der Waals surface area contributed by atoms with Crippen molar-refractivity contribution >= 4 is 0 Å². The minimum Gasteiger partial charge on any atom is -0.442 e. The van der Waals surface area contributed by atoms with Crippen LogP contribution >= 0.6 is 0 Å². The average molecular weight is 183 g/mol. The molecular formula is C11H21NO. The predicted molar refractivity (Wildman–Crippen MR) is 56.2 cm³/mol. The number of hydrogen-bond donors (Lipinski definition) is 1. The van der Waals surface area contributed by atoms with Crippen LogP contribution in [0.1, 0.15) is 27.7 Å². The number of hydrogen-bond acceptors (Lipinski definition) is 2. The standard InChI is InChI=1S/C11H21NO/c1-7-13-11(9(4)5)10(12-6)8(2)3/h1,8-12H,2-6H3. The van der Waals surface area contributed by atoms with Crippen molar-refractivity contribution in [1.82, 2.24) is 5.32 Å². The molecule has 0 aliphatic heterocycles. The molecule has 2 unspecified atom stereocenters. The quantitative estimate of drug-likeness (QED) is 0.657. The summed E-state index contributed by atoms with van der Waals surface area (Å²) in [5, 5.41) is 3.25. The summed E-state index contributed by atoms with van der Waals surface area (Å²) in [6.07, 6.45) is 7.53. The summed E-state index contributed by atoms with van der Waals surface area (Å²) in [5.41, 5.74) is 0. The zero-order valence-corrected chi connectivity index (χ0v) is 9.29. The van der Waals surface area contributed by atoms with Crippen molar-refractivity contribution in [2.24, 2.45) is 11.8 Å². The summed E-state index contributed by atoms with van der Waals surface area (Å²) in [6, 6.07) is 0.316. The van der Waals surface area contributed by atoms with Crippen LogP contribution in [0.4, 0.5) is 0 Å². The Kier molecular flexibility index (Phi) is 5.57. The van der Waals surface area contributed by atoms with E-state index in [2.05, 4.69) is 39.1 Å². The van der Waals surface area contributed by atoms with E-state index in [-0.39, 0.29) is 6.10 Å². The second-order valence-corrected chi connectivity index (χ2v) is 4.00. The fraction of sp³-hybridized carbons (Fsp3) is 0.818. The Morgan fingerprint density at radius 1 is 1.15 bits per heavy atom. The molecule has 1 N–H and O–H groups in total. The Morgan fingerprint density at radius 2 is 1.69 bits per heavy atom. The molecule has 0 radical (unpaired) electrons. The number of likely N-dealkylation sites (N-methyl/N-ethyl adjacent to an activating group) is 1. The summed E-state index contributed by atoms with van der Waals surface area (Å²) in [6.45, 7) is 8.57. The van der Waals surface area contributed by atoms with Crippen molar-refractivity contribution < 1.29 is 4.74 Å². The largest absolute Gasteiger partial charge is 0.442 e. The van der Waals surface area contributed by atoms with Gasteiger partial charge in [0.05, 0.1) is 0 Å². The van der Waals surface area contributed by atoms with Crippen LogP contribution in [0.5, 0.6) is 0 Å². The third kappa shape index (κ3) is 3.69. The lowest BCUT2D eigenvalue weighted by Gasteiger charge is -2.30. The SMILES string of the molecule is C#COC(C(C)C)C(NC)C(C)C. The highest BCUT2D eigenvalue weighted by atomic mass is 16.5. The summed E-state index contributed by atoms with van der Waals surface area (Å²) in [5.74, 6) is 0.946. The molecule has 76 valence electrons. The van der Waals surface area contributed by atoms with Gasteiger partial charge in [0.15, 0.2) is 0 Å². The van der Waals surface area contributed by atoms with Crippen LogP contribution in [-0.2, 0) is 4.74 Å². The van der Waals surface area contributed by atoms with Gasteiger partial charge in [-0.1, -0.05) is 34.1 Å². The van der Waals surface area contributed by atoms with Gasteiger partial charge in [-0.2, -0.15) is 0 Å². The van der Waals surface area contributed by atoms with Crippen LogP contribution in [-0.4, -0.2) is 19.2 Å². The number of ether oxygens (including phenoxy) is 1. The minimum absolute atomic E-state index is 0.0926. The first-order valence-electron chi connectivity index (χ1n) is 4.83. The molecule has 13 heavy (non-hydrogen) atoms. The molecule has 0 aromatic carbocycles. The van der Waals surface area contributed by atoms with Gasteiger partial charge in [0, 0.05) is 6.04 Å². The second-order valence-electron chi connectivity index (χ2n) is 4.00. The fourth-order valence-electron chi connectivity index (χ4n) is 1.58. The third-order valence-corrected chi connectivity index (χ3v) is 2.27. The second kappa shape index (κ2) is 5.88. The van der Waals surface area contributed by atoms with Gasteiger partial charge in [-0.15, -0.1) is 0 Å². The summed E-state index contributed by atoms with van der Waals surface area (Å²) in [7, 11) is 1.94. The number of nitrogens with one attached hydrogen (secondary N) is 1. The van der Waals surface area contributed by atoms with Crippen molar-refractivity contribution in [1.29, 1.82) is 0 Å². The zero-order valence-electron chi connectivity index (χ0n) is 9.29. The van der Waals surface area contributed by atoms with Crippen molar-refractivity contribution in [3.8, 4) is 12.5 Å². The highest BCUT2D eigenvalue weighted by molar-refractivity contribution is 4.85. The Balaban J connectivity index is 4.41. The minimum atomic E-state index is 0.0926. The molecule has 0 spiro atoms. The highest BCUT2D eigenvalue weighted by Gasteiger charge is 2.26. The van der Waals surface area contributed by atoms with Gasteiger partial charge < -0.3 is 10.1 Å². The Morgan fingerprint density at radius 3 is 1.92 bits per heavy atom.